The van der Waals surface area contributed by atoms with Crippen molar-refractivity contribution >= 4 is 18.1 Å². The molecule has 0 aliphatic carbocycles. The molecule has 0 atom stereocenters. The van der Waals surface area contributed by atoms with Gasteiger partial charge < -0.3 is 4.18 Å². The van der Waals surface area contributed by atoms with Crippen LogP contribution in [0, 0.1) is 0 Å². The Labute approximate surface area is 70.3 Å². The summed E-state index contributed by atoms with van der Waals surface area (Å²) in [5.74, 6) is 0. The molecule has 1 aromatic carbocycles. The fourth-order valence-electron chi connectivity index (χ4n) is 1.01. The highest BCUT2D eigenvalue weighted by molar-refractivity contribution is 7.94. The van der Waals surface area contributed by atoms with Gasteiger partial charge in [-0.2, -0.15) is 0 Å². The van der Waals surface area contributed by atoms with Gasteiger partial charge in [-0.05, 0) is 11.6 Å². The first-order valence-electron chi connectivity index (χ1n) is 3.52. The van der Waals surface area contributed by atoms with Gasteiger partial charge >= 0.3 is 0 Å². The summed E-state index contributed by atoms with van der Waals surface area (Å²) in [6, 6.07) is 8.21. The standard InChI is InChI=1S/C9H8OS/c1-2-6-9-8(4-1)5-3-7-10-11-9/h1-6H,7H2. The second-order valence-corrected chi connectivity index (χ2v) is 3.15. The molecular formula is C9H8OS. The molecule has 0 amide bonds. The predicted octanol–water partition coefficient (Wildman–Crippen LogP) is 2.74. The van der Waals surface area contributed by atoms with Crippen LogP contribution in [0.1, 0.15) is 5.56 Å². The van der Waals surface area contributed by atoms with Crippen LogP contribution in [0.4, 0.5) is 0 Å². The maximum atomic E-state index is 5.25. The number of benzene rings is 1. The van der Waals surface area contributed by atoms with E-state index in [4.69, 9.17) is 4.18 Å². The Kier molecular flexibility index (Phi) is 1.97. The summed E-state index contributed by atoms with van der Waals surface area (Å²) in [7, 11) is 0. The minimum Gasteiger partial charge on any atom is -0.306 e. The molecule has 0 spiro atoms. The van der Waals surface area contributed by atoms with E-state index < -0.39 is 0 Å². The van der Waals surface area contributed by atoms with Crippen LogP contribution in [0.5, 0.6) is 0 Å². The molecule has 0 N–H and O–H groups in total. The van der Waals surface area contributed by atoms with E-state index in [9.17, 15) is 0 Å². The van der Waals surface area contributed by atoms with Gasteiger partial charge in [-0.25, -0.2) is 0 Å². The lowest BCUT2D eigenvalue weighted by molar-refractivity contribution is 0.431. The molecule has 2 heteroatoms. The van der Waals surface area contributed by atoms with Crippen LogP contribution in [0.2, 0.25) is 0 Å². The van der Waals surface area contributed by atoms with Crippen LogP contribution >= 0.6 is 12.0 Å². The van der Waals surface area contributed by atoms with Crippen LogP contribution < -0.4 is 0 Å². The van der Waals surface area contributed by atoms with Crippen LogP contribution in [-0.4, -0.2) is 6.61 Å². The fourth-order valence-corrected chi connectivity index (χ4v) is 1.65. The van der Waals surface area contributed by atoms with E-state index in [1.54, 1.807) is 0 Å². The van der Waals surface area contributed by atoms with Crippen molar-refractivity contribution in [2.24, 2.45) is 0 Å². The molecule has 0 aromatic heterocycles. The Morgan fingerprint density at radius 1 is 1.27 bits per heavy atom. The van der Waals surface area contributed by atoms with Crippen molar-refractivity contribution in [3.8, 4) is 0 Å². The Morgan fingerprint density at radius 2 is 2.18 bits per heavy atom. The van der Waals surface area contributed by atoms with E-state index >= 15 is 0 Å². The Bertz CT molecular complexity index is 281. The highest BCUT2D eigenvalue weighted by Crippen LogP contribution is 2.26. The third-order valence-electron chi connectivity index (χ3n) is 1.53. The lowest BCUT2D eigenvalue weighted by atomic mass is 10.2. The van der Waals surface area contributed by atoms with E-state index in [2.05, 4.69) is 18.2 Å². The first kappa shape index (κ1) is 6.95. The second-order valence-electron chi connectivity index (χ2n) is 2.31. The predicted molar refractivity (Wildman–Crippen MR) is 47.3 cm³/mol. The maximum Gasteiger partial charge on any atom is 0.0803 e. The Balaban J connectivity index is 2.45. The molecular weight excluding hydrogens is 156 g/mol. The number of fused-ring (bicyclic) bond motifs is 1. The molecule has 0 radical (unpaired) electrons. The van der Waals surface area contributed by atoms with E-state index in [-0.39, 0.29) is 0 Å². The molecule has 1 aliphatic heterocycles. The molecule has 1 aliphatic rings. The fraction of sp³-hybridized carbons (Fsp3) is 0.111. The zero-order valence-electron chi connectivity index (χ0n) is 5.99. The Morgan fingerprint density at radius 3 is 3.18 bits per heavy atom. The number of hydrogen-bond acceptors (Lipinski definition) is 2. The van der Waals surface area contributed by atoms with E-state index in [0.29, 0.717) is 6.61 Å². The molecule has 0 saturated carbocycles. The summed E-state index contributed by atoms with van der Waals surface area (Å²) < 4.78 is 5.25. The molecule has 1 heterocycles. The summed E-state index contributed by atoms with van der Waals surface area (Å²) in [5.41, 5.74) is 1.25. The highest BCUT2D eigenvalue weighted by Gasteiger charge is 2.01. The second kappa shape index (κ2) is 3.11. The molecule has 0 unspecified atom stereocenters. The van der Waals surface area contributed by atoms with Gasteiger partial charge in [-0.3, -0.25) is 0 Å². The molecule has 0 saturated heterocycles. The summed E-state index contributed by atoms with van der Waals surface area (Å²) in [5, 5.41) is 0. The monoisotopic (exact) mass is 164 g/mol. The zero-order valence-corrected chi connectivity index (χ0v) is 6.80. The minimum atomic E-state index is 0.694. The average molecular weight is 164 g/mol. The summed E-state index contributed by atoms with van der Waals surface area (Å²) in [4.78, 5) is 1.20. The first-order valence-corrected chi connectivity index (χ1v) is 4.26. The molecule has 56 valence electrons. The highest BCUT2D eigenvalue weighted by atomic mass is 32.2. The van der Waals surface area contributed by atoms with Crippen molar-refractivity contribution in [1.82, 2.24) is 0 Å². The quantitative estimate of drug-likeness (QED) is 0.545. The van der Waals surface area contributed by atoms with E-state index in [1.165, 1.54) is 22.5 Å². The maximum absolute atomic E-state index is 5.25. The lowest BCUT2D eigenvalue weighted by Crippen LogP contribution is -1.76. The average Bonchev–Trinajstić information content (AvgIpc) is 2.28. The minimum absolute atomic E-state index is 0.694. The van der Waals surface area contributed by atoms with Crippen molar-refractivity contribution in [1.29, 1.82) is 0 Å². The largest absolute Gasteiger partial charge is 0.306 e. The van der Waals surface area contributed by atoms with Gasteiger partial charge in [0.2, 0.25) is 0 Å². The van der Waals surface area contributed by atoms with Gasteiger partial charge in [0.25, 0.3) is 0 Å². The van der Waals surface area contributed by atoms with Gasteiger partial charge in [0.1, 0.15) is 0 Å². The van der Waals surface area contributed by atoms with Crippen LogP contribution in [-0.2, 0) is 4.18 Å². The van der Waals surface area contributed by atoms with Crippen molar-refractivity contribution in [2.75, 3.05) is 6.61 Å². The van der Waals surface area contributed by atoms with Gasteiger partial charge in [-0.1, -0.05) is 30.4 Å². The molecule has 1 aromatic rings. The van der Waals surface area contributed by atoms with Gasteiger partial charge in [0.05, 0.1) is 6.61 Å². The van der Waals surface area contributed by atoms with Gasteiger partial charge in [0.15, 0.2) is 0 Å². The van der Waals surface area contributed by atoms with Crippen molar-refractivity contribution in [3.05, 3.63) is 35.9 Å². The van der Waals surface area contributed by atoms with Crippen molar-refractivity contribution < 1.29 is 4.18 Å². The van der Waals surface area contributed by atoms with Crippen molar-refractivity contribution in [2.45, 2.75) is 4.90 Å². The third-order valence-corrected chi connectivity index (χ3v) is 2.33. The summed E-state index contributed by atoms with van der Waals surface area (Å²) in [6.07, 6.45) is 4.12. The van der Waals surface area contributed by atoms with Crippen molar-refractivity contribution in [3.63, 3.8) is 0 Å². The van der Waals surface area contributed by atoms with Crippen LogP contribution in [0.15, 0.2) is 35.2 Å². The molecule has 0 bridgehead atoms. The number of hydrogen-bond donors (Lipinski definition) is 0. The van der Waals surface area contributed by atoms with Crippen LogP contribution in [0.25, 0.3) is 6.08 Å². The van der Waals surface area contributed by atoms with Gasteiger partial charge in [-0.15, -0.1) is 0 Å². The Hall–Kier alpha value is -0.730. The van der Waals surface area contributed by atoms with Gasteiger partial charge in [0, 0.05) is 16.9 Å². The summed E-state index contributed by atoms with van der Waals surface area (Å²) in [6.45, 7) is 0.694. The first-order chi connectivity index (χ1) is 5.47. The SMILES string of the molecule is C1=Cc2ccccc2SOC1. The molecule has 1 nitrogen and oxygen atoms in total. The zero-order chi connectivity index (χ0) is 7.52. The van der Waals surface area contributed by atoms with Crippen LogP contribution in [0.3, 0.4) is 0 Å². The molecule has 0 fully saturated rings. The lowest BCUT2D eigenvalue weighted by Gasteiger charge is -1.99. The number of rotatable bonds is 0. The topological polar surface area (TPSA) is 9.23 Å². The molecule has 11 heavy (non-hydrogen) atoms. The summed E-state index contributed by atoms with van der Waals surface area (Å²) >= 11 is 1.45. The molecule has 2 rings (SSSR count). The van der Waals surface area contributed by atoms with E-state index in [1.807, 2.05) is 18.2 Å². The normalized spacial score (nSPS) is 15.6. The smallest absolute Gasteiger partial charge is 0.0803 e. The third kappa shape index (κ3) is 1.47. The van der Waals surface area contributed by atoms with E-state index in [0.717, 1.165) is 0 Å².